The number of fused-ring (bicyclic) bond motifs is 2. The number of anilines is 3. The normalized spacial score (nSPS) is 13.0. The lowest BCUT2D eigenvalue weighted by Crippen LogP contribution is -2.20. The first kappa shape index (κ1) is 17.5. The van der Waals surface area contributed by atoms with E-state index < -0.39 is 0 Å². The van der Waals surface area contributed by atoms with E-state index in [0.29, 0.717) is 5.75 Å². The number of aryl methyl sites for hydroxylation is 3. The Morgan fingerprint density at radius 2 is 1.63 bits per heavy atom. The lowest BCUT2D eigenvalue weighted by molar-refractivity contribution is 0.471. The Bertz CT molecular complexity index is 1010. The van der Waals surface area contributed by atoms with E-state index in [-0.39, 0.29) is 5.41 Å². The Labute approximate surface area is 160 Å². The van der Waals surface area contributed by atoms with E-state index in [4.69, 9.17) is 4.74 Å². The Morgan fingerprint density at radius 1 is 0.926 bits per heavy atom. The van der Waals surface area contributed by atoms with Gasteiger partial charge in [0, 0.05) is 0 Å². The van der Waals surface area contributed by atoms with Crippen LogP contribution in [-0.4, -0.2) is 9.97 Å². The van der Waals surface area contributed by atoms with Crippen molar-refractivity contribution in [1.82, 2.24) is 9.97 Å². The van der Waals surface area contributed by atoms with E-state index in [2.05, 4.69) is 80.7 Å². The van der Waals surface area contributed by atoms with E-state index >= 15 is 0 Å². The molecule has 0 aliphatic carbocycles. The zero-order valence-electron chi connectivity index (χ0n) is 16.8. The van der Waals surface area contributed by atoms with Gasteiger partial charge in [0.1, 0.15) is 6.33 Å². The molecule has 4 rings (SSSR count). The van der Waals surface area contributed by atoms with E-state index in [1.165, 1.54) is 22.3 Å². The van der Waals surface area contributed by atoms with Gasteiger partial charge in [-0.05, 0) is 60.6 Å². The van der Waals surface area contributed by atoms with Crippen molar-refractivity contribution >= 4 is 17.2 Å². The number of benzene rings is 2. The molecule has 0 saturated carbocycles. The number of hydrogen-bond donors (Lipinski definition) is 0. The first-order valence-electron chi connectivity index (χ1n) is 9.26. The maximum atomic E-state index is 6.08. The van der Waals surface area contributed by atoms with Crippen molar-refractivity contribution in [1.29, 1.82) is 0 Å². The quantitative estimate of drug-likeness (QED) is 0.401. The van der Waals surface area contributed by atoms with Gasteiger partial charge in [0.25, 0.3) is 0 Å². The molecule has 27 heavy (non-hydrogen) atoms. The van der Waals surface area contributed by atoms with Gasteiger partial charge >= 0.3 is 0 Å². The molecule has 0 N–H and O–H groups in total. The summed E-state index contributed by atoms with van der Waals surface area (Å²) in [6.07, 6.45) is 3.30. The van der Waals surface area contributed by atoms with Crippen LogP contribution in [0.25, 0.3) is 0 Å². The highest BCUT2D eigenvalue weighted by Gasteiger charge is 2.30. The Kier molecular flexibility index (Phi) is 3.95. The Hall–Kier alpha value is -2.88. The molecule has 2 heterocycles. The summed E-state index contributed by atoms with van der Waals surface area (Å²) >= 11 is 0. The third kappa shape index (κ3) is 2.95. The lowest BCUT2D eigenvalue weighted by Gasteiger charge is -2.34. The maximum absolute atomic E-state index is 6.08. The topological polar surface area (TPSA) is 38.2 Å². The van der Waals surface area contributed by atoms with E-state index in [1.807, 2.05) is 6.07 Å². The SMILES string of the molecule is Cc1ccc2c(c1)N(c1c(C)cc(C(C)(C)C)cc1C)c1ncncc1O2. The molecule has 2 aromatic carbocycles. The largest absolute Gasteiger partial charge is 0.450 e. The van der Waals surface area contributed by atoms with E-state index in [0.717, 1.165) is 22.9 Å². The molecule has 0 fully saturated rings. The van der Waals surface area contributed by atoms with Crippen LogP contribution in [0.1, 0.15) is 43.0 Å². The Morgan fingerprint density at radius 3 is 2.30 bits per heavy atom. The van der Waals surface area contributed by atoms with E-state index in [9.17, 15) is 0 Å². The van der Waals surface area contributed by atoms with Gasteiger partial charge < -0.3 is 4.74 Å². The second-order valence-electron chi connectivity index (χ2n) is 8.33. The van der Waals surface area contributed by atoms with Gasteiger partial charge in [0.2, 0.25) is 0 Å². The molecule has 138 valence electrons. The van der Waals surface area contributed by atoms with Gasteiger partial charge in [-0.3, -0.25) is 4.90 Å². The van der Waals surface area contributed by atoms with Crippen molar-refractivity contribution in [2.45, 2.75) is 47.0 Å². The minimum Gasteiger partial charge on any atom is -0.450 e. The van der Waals surface area contributed by atoms with Crippen LogP contribution in [0.4, 0.5) is 17.2 Å². The summed E-state index contributed by atoms with van der Waals surface area (Å²) in [6, 6.07) is 10.8. The third-order valence-corrected chi connectivity index (χ3v) is 5.03. The molecule has 1 aliphatic heterocycles. The van der Waals surface area contributed by atoms with Crippen molar-refractivity contribution < 1.29 is 4.74 Å². The molecule has 4 nitrogen and oxygen atoms in total. The highest BCUT2D eigenvalue weighted by molar-refractivity contribution is 5.86. The second kappa shape index (κ2) is 6.08. The average molecular weight is 359 g/mol. The maximum Gasteiger partial charge on any atom is 0.188 e. The molecule has 4 heteroatoms. The Balaban J connectivity index is 1.99. The summed E-state index contributed by atoms with van der Waals surface area (Å²) in [5.41, 5.74) is 7.23. The fourth-order valence-electron chi connectivity index (χ4n) is 3.64. The number of hydrogen-bond acceptors (Lipinski definition) is 4. The van der Waals surface area contributed by atoms with Crippen LogP contribution in [0, 0.1) is 20.8 Å². The van der Waals surface area contributed by atoms with Crippen LogP contribution in [0.2, 0.25) is 0 Å². The van der Waals surface area contributed by atoms with E-state index in [1.54, 1.807) is 12.5 Å². The van der Waals surface area contributed by atoms with Gasteiger partial charge in [0.05, 0.1) is 17.6 Å². The van der Waals surface area contributed by atoms with Crippen molar-refractivity contribution in [3.63, 3.8) is 0 Å². The molecule has 0 unspecified atom stereocenters. The monoisotopic (exact) mass is 359 g/mol. The molecule has 0 saturated heterocycles. The summed E-state index contributed by atoms with van der Waals surface area (Å²) in [6.45, 7) is 13.2. The minimum absolute atomic E-state index is 0.105. The average Bonchev–Trinajstić information content (AvgIpc) is 2.60. The zero-order chi connectivity index (χ0) is 19.3. The smallest absolute Gasteiger partial charge is 0.188 e. The number of nitrogens with zero attached hydrogens (tertiary/aromatic N) is 3. The molecule has 0 spiro atoms. The van der Waals surface area contributed by atoms with Gasteiger partial charge in [-0.1, -0.05) is 39.0 Å². The van der Waals surface area contributed by atoms with Crippen LogP contribution in [0.3, 0.4) is 0 Å². The van der Waals surface area contributed by atoms with Crippen molar-refractivity contribution in [2.75, 3.05) is 4.90 Å². The first-order valence-corrected chi connectivity index (χ1v) is 9.26. The number of aromatic nitrogens is 2. The molecule has 0 amide bonds. The summed E-state index contributed by atoms with van der Waals surface area (Å²) in [5, 5.41) is 0. The molecule has 0 bridgehead atoms. The van der Waals surface area contributed by atoms with Gasteiger partial charge in [-0.2, -0.15) is 0 Å². The van der Waals surface area contributed by atoms with Crippen LogP contribution >= 0.6 is 0 Å². The van der Waals surface area contributed by atoms with Crippen molar-refractivity contribution in [3.8, 4) is 11.5 Å². The summed E-state index contributed by atoms with van der Waals surface area (Å²) in [7, 11) is 0. The molecule has 1 aromatic heterocycles. The van der Waals surface area contributed by atoms with Crippen molar-refractivity contribution in [2.24, 2.45) is 0 Å². The number of rotatable bonds is 1. The zero-order valence-corrected chi connectivity index (χ0v) is 16.8. The minimum atomic E-state index is 0.105. The highest BCUT2D eigenvalue weighted by Crippen LogP contribution is 2.51. The third-order valence-electron chi connectivity index (χ3n) is 5.03. The lowest BCUT2D eigenvalue weighted by atomic mass is 9.84. The summed E-state index contributed by atoms with van der Waals surface area (Å²) in [4.78, 5) is 10.9. The fraction of sp³-hybridized carbons (Fsp3) is 0.304. The molecule has 1 aliphatic rings. The molecule has 0 radical (unpaired) electrons. The predicted molar refractivity (Wildman–Crippen MR) is 110 cm³/mol. The van der Waals surface area contributed by atoms with Gasteiger partial charge in [-0.15, -0.1) is 0 Å². The van der Waals surface area contributed by atoms with Gasteiger partial charge in [0.15, 0.2) is 17.3 Å². The van der Waals surface area contributed by atoms with Crippen LogP contribution in [-0.2, 0) is 5.41 Å². The predicted octanol–water partition coefficient (Wildman–Crippen LogP) is 6.27. The van der Waals surface area contributed by atoms with Crippen LogP contribution in [0.5, 0.6) is 11.5 Å². The fourth-order valence-corrected chi connectivity index (χ4v) is 3.64. The first-order chi connectivity index (χ1) is 12.8. The van der Waals surface area contributed by atoms with Crippen LogP contribution in [0.15, 0.2) is 42.9 Å². The molecular weight excluding hydrogens is 334 g/mol. The molecular formula is C23H25N3O. The molecule has 3 aromatic rings. The molecule has 0 atom stereocenters. The van der Waals surface area contributed by atoms with Gasteiger partial charge in [-0.25, -0.2) is 9.97 Å². The summed E-state index contributed by atoms with van der Waals surface area (Å²) < 4.78 is 6.08. The standard InChI is InChI=1S/C23H25N3O/c1-14-7-8-19-18(9-14)26(22-20(27-19)12-24-13-25-22)21-15(2)10-17(11-16(21)3)23(4,5)6/h7-13H,1-6H3. The van der Waals surface area contributed by atoms with Crippen molar-refractivity contribution in [3.05, 3.63) is 65.1 Å². The highest BCUT2D eigenvalue weighted by atomic mass is 16.5. The van der Waals surface area contributed by atoms with Crippen LogP contribution < -0.4 is 9.64 Å². The summed E-state index contributed by atoms with van der Waals surface area (Å²) in [5.74, 6) is 2.27. The second-order valence-corrected chi connectivity index (χ2v) is 8.33. The number of ether oxygens (including phenoxy) is 1.